The number of fused-ring (bicyclic) bond motifs is 1. The van der Waals surface area contributed by atoms with Gasteiger partial charge in [-0.1, -0.05) is 30.3 Å². The molecule has 5 heteroatoms. The van der Waals surface area contributed by atoms with Crippen LogP contribution >= 0.6 is 0 Å². The van der Waals surface area contributed by atoms with Gasteiger partial charge in [0.2, 0.25) is 0 Å². The summed E-state index contributed by atoms with van der Waals surface area (Å²) in [7, 11) is 4.00. The number of hydrogen-bond acceptors (Lipinski definition) is 4. The third kappa shape index (κ3) is 3.93. The quantitative estimate of drug-likeness (QED) is 0.725. The largest absolute Gasteiger partial charge is 0.491 e. The van der Waals surface area contributed by atoms with Gasteiger partial charge >= 0.3 is 0 Å². The molecule has 0 saturated carbocycles. The number of benzene rings is 2. The minimum Gasteiger partial charge on any atom is -0.491 e. The van der Waals surface area contributed by atoms with E-state index in [0.29, 0.717) is 13.1 Å². The molecule has 3 rings (SSSR count). The molecule has 0 bridgehead atoms. The summed E-state index contributed by atoms with van der Waals surface area (Å²) in [5.74, 6) is 1.75. The van der Waals surface area contributed by atoms with Gasteiger partial charge in [-0.15, -0.1) is 0 Å². The fourth-order valence-corrected chi connectivity index (χ4v) is 2.76. The lowest BCUT2D eigenvalue weighted by atomic mass is 10.3. The van der Waals surface area contributed by atoms with E-state index in [2.05, 4.69) is 20.5 Å². The molecule has 2 aromatic carbocycles. The van der Waals surface area contributed by atoms with Crippen molar-refractivity contribution in [3.63, 3.8) is 0 Å². The highest BCUT2D eigenvalue weighted by atomic mass is 16.5. The summed E-state index contributed by atoms with van der Waals surface area (Å²) in [5, 5.41) is 10.2. The summed E-state index contributed by atoms with van der Waals surface area (Å²) in [4.78, 5) is 6.72. The maximum absolute atomic E-state index is 10.2. The average molecular weight is 325 g/mol. The number of ether oxygens (including phenoxy) is 1. The lowest BCUT2D eigenvalue weighted by Gasteiger charge is -2.20. The maximum atomic E-state index is 10.2. The highest BCUT2D eigenvalue weighted by Gasteiger charge is 2.13. The van der Waals surface area contributed by atoms with Crippen LogP contribution in [0.5, 0.6) is 5.75 Å². The van der Waals surface area contributed by atoms with E-state index >= 15 is 0 Å². The van der Waals surface area contributed by atoms with E-state index in [1.807, 2.05) is 62.6 Å². The van der Waals surface area contributed by atoms with Crippen LogP contribution in [0.3, 0.4) is 0 Å². The SMILES string of the molecule is CN(Cc1nc2ccccc2n1C)CC(O)COc1ccccc1. The molecule has 1 unspecified atom stereocenters. The number of aliphatic hydroxyl groups is 1. The number of aliphatic hydroxyl groups excluding tert-OH is 1. The smallest absolute Gasteiger partial charge is 0.123 e. The van der Waals surface area contributed by atoms with Crippen molar-refractivity contribution in [3.8, 4) is 5.75 Å². The first-order chi connectivity index (χ1) is 11.6. The first-order valence-electron chi connectivity index (χ1n) is 8.08. The molecule has 0 saturated heterocycles. The van der Waals surface area contributed by atoms with Crippen LogP contribution in [0.1, 0.15) is 5.82 Å². The van der Waals surface area contributed by atoms with Gasteiger partial charge in [0, 0.05) is 13.6 Å². The molecule has 0 fully saturated rings. The van der Waals surface area contributed by atoms with Crippen LogP contribution in [0.25, 0.3) is 11.0 Å². The molecule has 126 valence electrons. The van der Waals surface area contributed by atoms with Crippen LogP contribution in [-0.2, 0) is 13.6 Å². The number of rotatable bonds is 7. The van der Waals surface area contributed by atoms with E-state index in [0.717, 1.165) is 22.6 Å². The van der Waals surface area contributed by atoms with Crippen molar-refractivity contribution in [1.29, 1.82) is 0 Å². The van der Waals surface area contributed by atoms with E-state index in [-0.39, 0.29) is 6.61 Å². The van der Waals surface area contributed by atoms with Gasteiger partial charge in [-0.2, -0.15) is 0 Å². The Hall–Kier alpha value is -2.37. The number of aromatic nitrogens is 2. The van der Waals surface area contributed by atoms with Gasteiger partial charge in [0.05, 0.1) is 17.6 Å². The van der Waals surface area contributed by atoms with E-state index < -0.39 is 6.10 Å². The zero-order chi connectivity index (χ0) is 16.9. The first kappa shape index (κ1) is 16.5. The Morgan fingerprint density at radius 2 is 1.83 bits per heavy atom. The van der Waals surface area contributed by atoms with Crippen molar-refractivity contribution in [3.05, 3.63) is 60.4 Å². The molecule has 0 spiro atoms. The van der Waals surface area contributed by atoms with Crippen LogP contribution in [0.2, 0.25) is 0 Å². The Kier molecular flexibility index (Phi) is 5.13. The summed E-state index contributed by atoms with van der Waals surface area (Å²) in [6, 6.07) is 17.6. The second kappa shape index (κ2) is 7.47. The fourth-order valence-electron chi connectivity index (χ4n) is 2.76. The van der Waals surface area contributed by atoms with Crippen LogP contribution in [0.15, 0.2) is 54.6 Å². The number of imidazole rings is 1. The molecule has 5 nitrogen and oxygen atoms in total. The van der Waals surface area contributed by atoms with Crippen molar-refractivity contribution in [1.82, 2.24) is 14.5 Å². The van der Waals surface area contributed by atoms with Crippen molar-refractivity contribution in [2.75, 3.05) is 20.2 Å². The number of para-hydroxylation sites is 3. The van der Waals surface area contributed by atoms with Crippen molar-refractivity contribution >= 4 is 11.0 Å². The second-order valence-corrected chi connectivity index (χ2v) is 6.05. The van der Waals surface area contributed by atoms with Crippen LogP contribution in [0, 0.1) is 0 Å². The van der Waals surface area contributed by atoms with E-state index in [9.17, 15) is 5.11 Å². The van der Waals surface area contributed by atoms with Gasteiger partial charge in [-0.3, -0.25) is 4.90 Å². The number of likely N-dealkylation sites (N-methyl/N-ethyl adjacent to an activating group) is 1. The molecule has 1 heterocycles. The molecule has 1 atom stereocenters. The van der Waals surface area contributed by atoms with E-state index in [1.54, 1.807) is 0 Å². The first-order valence-corrected chi connectivity index (χ1v) is 8.08. The summed E-state index contributed by atoms with van der Waals surface area (Å²) in [5.41, 5.74) is 2.12. The van der Waals surface area contributed by atoms with Crippen LogP contribution in [-0.4, -0.2) is 45.9 Å². The maximum Gasteiger partial charge on any atom is 0.123 e. The van der Waals surface area contributed by atoms with Crippen molar-refractivity contribution in [2.24, 2.45) is 7.05 Å². The molecule has 0 amide bonds. The molecular weight excluding hydrogens is 302 g/mol. The standard InChI is InChI=1S/C19H23N3O2/c1-21(12-15(23)14-24-16-8-4-3-5-9-16)13-19-20-17-10-6-7-11-18(17)22(19)2/h3-11,15,23H,12-14H2,1-2H3. The van der Waals surface area contributed by atoms with E-state index in [1.165, 1.54) is 0 Å². The van der Waals surface area contributed by atoms with Gasteiger partial charge in [0.1, 0.15) is 24.3 Å². The third-order valence-electron chi connectivity index (χ3n) is 4.00. The van der Waals surface area contributed by atoms with Gasteiger partial charge in [-0.25, -0.2) is 4.98 Å². The fraction of sp³-hybridized carbons (Fsp3) is 0.316. The topological polar surface area (TPSA) is 50.5 Å². The summed E-state index contributed by atoms with van der Waals surface area (Å²) in [6.45, 7) is 1.47. The number of aryl methyl sites for hydroxylation is 1. The molecule has 0 aliphatic carbocycles. The van der Waals surface area contributed by atoms with Crippen LogP contribution < -0.4 is 4.74 Å². The zero-order valence-electron chi connectivity index (χ0n) is 14.1. The highest BCUT2D eigenvalue weighted by molar-refractivity contribution is 5.75. The number of hydrogen-bond donors (Lipinski definition) is 1. The molecule has 0 aliphatic rings. The number of nitrogens with zero attached hydrogens (tertiary/aromatic N) is 3. The lowest BCUT2D eigenvalue weighted by molar-refractivity contribution is 0.0735. The Morgan fingerprint density at radius 1 is 1.12 bits per heavy atom. The van der Waals surface area contributed by atoms with Gasteiger partial charge in [-0.05, 0) is 31.3 Å². The molecule has 24 heavy (non-hydrogen) atoms. The predicted molar refractivity (Wildman–Crippen MR) is 95.0 cm³/mol. The zero-order valence-corrected chi connectivity index (χ0v) is 14.1. The minimum absolute atomic E-state index is 0.275. The summed E-state index contributed by atoms with van der Waals surface area (Å²) in [6.07, 6.45) is -0.551. The van der Waals surface area contributed by atoms with Gasteiger partial charge < -0.3 is 14.4 Å². The Labute approximate surface area is 142 Å². The normalized spacial score (nSPS) is 12.7. The molecule has 0 radical (unpaired) electrons. The highest BCUT2D eigenvalue weighted by Crippen LogP contribution is 2.15. The Balaban J connectivity index is 1.54. The van der Waals surface area contributed by atoms with Crippen LogP contribution in [0.4, 0.5) is 0 Å². The van der Waals surface area contributed by atoms with Crippen molar-refractivity contribution in [2.45, 2.75) is 12.6 Å². The van der Waals surface area contributed by atoms with E-state index in [4.69, 9.17) is 4.74 Å². The monoisotopic (exact) mass is 325 g/mol. The predicted octanol–water partition coefficient (Wildman–Crippen LogP) is 2.45. The van der Waals surface area contributed by atoms with Gasteiger partial charge in [0.15, 0.2) is 0 Å². The van der Waals surface area contributed by atoms with Gasteiger partial charge in [0.25, 0.3) is 0 Å². The molecule has 1 N–H and O–H groups in total. The summed E-state index contributed by atoms with van der Waals surface area (Å²) < 4.78 is 7.69. The second-order valence-electron chi connectivity index (χ2n) is 6.05. The summed E-state index contributed by atoms with van der Waals surface area (Å²) >= 11 is 0. The lowest BCUT2D eigenvalue weighted by Crippen LogP contribution is -2.33. The van der Waals surface area contributed by atoms with Crippen molar-refractivity contribution < 1.29 is 9.84 Å². The minimum atomic E-state index is -0.551. The Bertz CT molecular complexity index is 786. The third-order valence-corrected chi connectivity index (χ3v) is 4.00. The molecular formula is C19H23N3O2. The molecule has 1 aromatic heterocycles. The Morgan fingerprint density at radius 3 is 2.58 bits per heavy atom. The average Bonchev–Trinajstić information content (AvgIpc) is 2.90. The molecule has 3 aromatic rings. The molecule has 0 aliphatic heterocycles.